The Morgan fingerprint density at radius 3 is 2.63 bits per heavy atom. The molecular weight excluding hydrogens is 267 g/mol. The van der Waals surface area contributed by atoms with Crippen LogP contribution in [0, 0.1) is 17.1 Å². The Labute approximate surface area is 116 Å². The summed E-state index contributed by atoms with van der Waals surface area (Å²) >= 11 is 5.85. The summed E-state index contributed by atoms with van der Waals surface area (Å²) in [6.45, 7) is 0. The second-order valence-corrected chi connectivity index (χ2v) is 5.21. The molecule has 1 amide bonds. The number of carbonyl (C=O) groups excluding carboxylic acids is 1. The van der Waals surface area contributed by atoms with Crippen LogP contribution >= 0.6 is 11.6 Å². The summed E-state index contributed by atoms with van der Waals surface area (Å²) in [5.74, 6) is -1.29. The number of rotatable bonds is 2. The molecule has 0 aliphatic heterocycles. The molecule has 0 unspecified atom stereocenters. The maximum absolute atomic E-state index is 13.7. The van der Waals surface area contributed by atoms with Gasteiger partial charge in [0.25, 0.3) is 5.91 Å². The van der Waals surface area contributed by atoms with Gasteiger partial charge in [0.1, 0.15) is 11.4 Å². The number of nitriles is 1. The van der Waals surface area contributed by atoms with E-state index in [1.54, 1.807) is 0 Å². The van der Waals surface area contributed by atoms with E-state index in [1.165, 1.54) is 18.2 Å². The van der Waals surface area contributed by atoms with Gasteiger partial charge in [-0.3, -0.25) is 4.79 Å². The van der Waals surface area contributed by atoms with Crippen molar-refractivity contribution in [1.29, 1.82) is 5.26 Å². The molecule has 1 aromatic carbocycles. The molecule has 0 bridgehead atoms. The average molecular weight is 281 g/mol. The second-order valence-electron chi connectivity index (χ2n) is 4.81. The number of nitrogens with zero attached hydrogens (tertiary/aromatic N) is 1. The zero-order chi connectivity index (χ0) is 13.9. The lowest BCUT2D eigenvalue weighted by Gasteiger charge is -2.31. The van der Waals surface area contributed by atoms with E-state index in [1.807, 2.05) is 0 Å². The molecule has 0 atom stereocenters. The van der Waals surface area contributed by atoms with Crippen LogP contribution in [0.15, 0.2) is 18.2 Å². The van der Waals surface area contributed by atoms with Crippen LogP contribution in [0.3, 0.4) is 0 Å². The zero-order valence-electron chi connectivity index (χ0n) is 10.4. The first-order chi connectivity index (χ1) is 9.08. The van der Waals surface area contributed by atoms with E-state index in [0.29, 0.717) is 12.8 Å². The first kappa shape index (κ1) is 13.8. The van der Waals surface area contributed by atoms with Gasteiger partial charge in [-0.15, -0.1) is 0 Å². The largest absolute Gasteiger partial charge is 0.334 e. The fourth-order valence-electron chi connectivity index (χ4n) is 2.41. The Hall–Kier alpha value is -1.60. The summed E-state index contributed by atoms with van der Waals surface area (Å²) in [6.07, 6.45) is 4.03. The van der Waals surface area contributed by atoms with Crippen molar-refractivity contribution in [3.8, 4) is 6.07 Å². The van der Waals surface area contributed by atoms with Gasteiger partial charge < -0.3 is 5.32 Å². The van der Waals surface area contributed by atoms with Crippen LogP contribution in [0.25, 0.3) is 0 Å². The summed E-state index contributed by atoms with van der Waals surface area (Å²) < 4.78 is 13.7. The third-order valence-corrected chi connectivity index (χ3v) is 3.78. The number of amides is 1. The highest BCUT2D eigenvalue weighted by atomic mass is 35.5. The lowest BCUT2D eigenvalue weighted by Crippen LogP contribution is -2.48. The monoisotopic (exact) mass is 280 g/mol. The van der Waals surface area contributed by atoms with Crippen molar-refractivity contribution in [3.05, 3.63) is 34.6 Å². The molecule has 0 heterocycles. The fraction of sp³-hybridized carbons (Fsp3) is 0.429. The van der Waals surface area contributed by atoms with Gasteiger partial charge >= 0.3 is 0 Å². The number of hydrogen-bond acceptors (Lipinski definition) is 2. The molecule has 0 radical (unpaired) electrons. The molecule has 1 aromatic rings. The standard InChI is InChI=1S/C14H14ClFN2O/c15-10-5-4-6-11(16)12(10)13(19)18-14(9-17)7-2-1-3-8-14/h4-6H,1-3,7-8H2,(H,18,19). The second kappa shape index (κ2) is 5.58. The number of halogens is 2. The molecule has 1 aliphatic rings. The minimum atomic E-state index is -0.888. The highest BCUT2D eigenvalue weighted by molar-refractivity contribution is 6.33. The van der Waals surface area contributed by atoms with Gasteiger partial charge in [-0.1, -0.05) is 36.9 Å². The summed E-state index contributed by atoms with van der Waals surface area (Å²) in [5, 5.41) is 12.0. The van der Waals surface area contributed by atoms with Crippen LogP contribution in [0.5, 0.6) is 0 Å². The van der Waals surface area contributed by atoms with E-state index in [9.17, 15) is 14.4 Å². The van der Waals surface area contributed by atoms with Crippen molar-refractivity contribution in [2.75, 3.05) is 0 Å². The predicted molar refractivity (Wildman–Crippen MR) is 70.3 cm³/mol. The minimum Gasteiger partial charge on any atom is -0.334 e. The zero-order valence-corrected chi connectivity index (χ0v) is 11.1. The van der Waals surface area contributed by atoms with E-state index < -0.39 is 17.3 Å². The minimum absolute atomic E-state index is 0.0569. The van der Waals surface area contributed by atoms with Gasteiger partial charge in [0.2, 0.25) is 0 Å². The van der Waals surface area contributed by atoms with Gasteiger partial charge in [0.15, 0.2) is 0 Å². The normalized spacial score (nSPS) is 17.5. The van der Waals surface area contributed by atoms with E-state index in [-0.39, 0.29) is 10.6 Å². The molecule has 1 aliphatic carbocycles. The maximum atomic E-state index is 13.7. The Kier molecular flexibility index (Phi) is 4.06. The molecule has 2 rings (SSSR count). The Morgan fingerprint density at radius 2 is 2.05 bits per heavy atom. The molecule has 19 heavy (non-hydrogen) atoms. The lowest BCUT2D eigenvalue weighted by atomic mass is 9.82. The number of nitrogens with one attached hydrogen (secondary N) is 1. The summed E-state index contributed by atoms with van der Waals surface area (Å²) in [7, 11) is 0. The molecule has 1 saturated carbocycles. The fourth-order valence-corrected chi connectivity index (χ4v) is 2.66. The van der Waals surface area contributed by atoms with E-state index in [4.69, 9.17) is 11.6 Å². The number of carbonyl (C=O) groups is 1. The molecule has 3 nitrogen and oxygen atoms in total. The van der Waals surface area contributed by atoms with Crippen molar-refractivity contribution in [1.82, 2.24) is 5.32 Å². The van der Waals surface area contributed by atoms with Crippen LogP contribution in [0.2, 0.25) is 5.02 Å². The van der Waals surface area contributed by atoms with Crippen molar-refractivity contribution in [2.24, 2.45) is 0 Å². The Bertz CT molecular complexity index is 512. The highest BCUT2D eigenvalue weighted by Crippen LogP contribution is 2.29. The van der Waals surface area contributed by atoms with E-state index in [0.717, 1.165) is 19.3 Å². The first-order valence-electron chi connectivity index (χ1n) is 6.26. The molecular formula is C14H14ClFN2O. The third-order valence-electron chi connectivity index (χ3n) is 3.46. The third kappa shape index (κ3) is 2.87. The van der Waals surface area contributed by atoms with Gasteiger partial charge in [0.05, 0.1) is 16.7 Å². The lowest BCUT2D eigenvalue weighted by molar-refractivity contribution is 0.0898. The summed E-state index contributed by atoms with van der Waals surface area (Å²) in [4.78, 5) is 12.1. The molecule has 0 spiro atoms. The first-order valence-corrected chi connectivity index (χ1v) is 6.63. The number of benzene rings is 1. The van der Waals surface area contributed by atoms with E-state index in [2.05, 4.69) is 11.4 Å². The predicted octanol–water partition coefficient (Wildman–Crippen LogP) is 3.44. The van der Waals surface area contributed by atoms with Crippen LogP contribution in [0.1, 0.15) is 42.5 Å². The Balaban J connectivity index is 2.23. The van der Waals surface area contributed by atoms with Crippen molar-refractivity contribution >= 4 is 17.5 Å². The van der Waals surface area contributed by atoms with Crippen molar-refractivity contribution < 1.29 is 9.18 Å². The van der Waals surface area contributed by atoms with Crippen LogP contribution < -0.4 is 5.32 Å². The van der Waals surface area contributed by atoms with Crippen molar-refractivity contribution in [2.45, 2.75) is 37.6 Å². The van der Waals surface area contributed by atoms with Gasteiger partial charge in [-0.05, 0) is 25.0 Å². The SMILES string of the molecule is N#CC1(NC(=O)c2c(F)cccc2Cl)CCCCC1. The molecule has 0 aromatic heterocycles. The smallest absolute Gasteiger partial charge is 0.257 e. The summed E-state index contributed by atoms with van der Waals surface area (Å²) in [5.41, 5.74) is -1.08. The molecule has 0 saturated heterocycles. The van der Waals surface area contributed by atoms with Gasteiger partial charge in [-0.2, -0.15) is 5.26 Å². The van der Waals surface area contributed by atoms with Crippen LogP contribution in [0.4, 0.5) is 4.39 Å². The van der Waals surface area contributed by atoms with Gasteiger partial charge in [0, 0.05) is 0 Å². The van der Waals surface area contributed by atoms with Crippen molar-refractivity contribution in [3.63, 3.8) is 0 Å². The molecule has 5 heteroatoms. The molecule has 100 valence electrons. The van der Waals surface area contributed by atoms with Gasteiger partial charge in [-0.25, -0.2) is 4.39 Å². The highest BCUT2D eigenvalue weighted by Gasteiger charge is 2.34. The Morgan fingerprint density at radius 1 is 1.37 bits per heavy atom. The molecule has 1 N–H and O–H groups in total. The van der Waals surface area contributed by atoms with Crippen LogP contribution in [-0.2, 0) is 0 Å². The number of hydrogen-bond donors (Lipinski definition) is 1. The van der Waals surface area contributed by atoms with E-state index >= 15 is 0 Å². The van der Waals surface area contributed by atoms with Crippen LogP contribution in [-0.4, -0.2) is 11.4 Å². The topological polar surface area (TPSA) is 52.9 Å². The molecule has 1 fully saturated rings. The quantitative estimate of drug-likeness (QED) is 0.902. The average Bonchev–Trinajstić information content (AvgIpc) is 2.39. The summed E-state index contributed by atoms with van der Waals surface area (Å²) in [6, 6.07) is 6.24. The maximum Gasteiger partial charge on any atom is 0.257 e.